The third kappa shape index (κ3) is 2.12. The molecule has 0 atom stereocenters. The molecule has 0 aliphatic carbocycles. The van der Waals surface area contributed by atoms with Crippen molar-refractivity contribution in [3.63, 3.8) is 0 Å². The van der Waals surface area contributed by atoms with Crippen LogP contribution in [0.5, 0.6) is 0 Å². The Labute approximate surface area is 122 Å². The van der Waals surface area contributed by atoms with E-state index in [1.807, 2.05) is 23.5 Å². The highest BCUT2D eigenvalue weighted by Gasteiger charge is 2.04. The van der Waals surface area contributed by atoms with Crippen molar-refractivity contribution in [3.05, 3.63) is 63.8 Å². The fourth-order valence-corrected chi connectivity index (χ4v) is 3.76. The highest BCUT2D eigenvalue weighted by atomic mass is 32.1. The van der Waals surface area contributed by atoms with Gasteiger partial charge < -0.3 is 5.73 Å². The van der Waals surface area contributed by atoms with Crippen molar-refractivity contribution in [3.8, 4) is 0 Å². The fraction of sp³-hybridized carbons (Fsp3) is 0.111. The second-order valence-corrected chi connectivity index (χ2v) is 5.93. The van der Waals surface area contributed by atoms with Gasteiger partial charge >= 0.3 is 0 Å². The Morgan fingerprint density at radius 3 is 2.45 bits per heavy atom. The van der Waals surface area contributed by atoms with E-state index in [4.69, 9.17) is 5.73 Å². The molecule has 0 fully saturated rings. The second kappa shape index (κ2) is 5.14. The van der Waals surface area contributed by atoms with E-state index in [0.29, 0.717) is 0 Å². The zero-order chi connectivity index (χ0) is 14.1. The third-order valence-corrected chi connectivity index (χ3v) is 4.91. The van der Waals surface area contributed by atoms with Crippen LogP contribution in [0.4, 0.5) is 5.69 Å². The minimum atomic E-state index is 0.806. The first kappa shape index (κ1) is 12.9. The number of benzene rings is 2. The molecule has 0 unspecified atom stereocenters. The van der Waals surface area contributed by atoms with Gasteiger partial charge in [0.05, 0.1) is 0 Å². The fourth-order valence-electron chi connectivity index (χ4n) is 2.49. The maximum absolute atomic E-state index is 5.77. The third-order valence-electron chi connectivity index (χ3n) is 3.61. The highest BCUT2D eigenvalue weighted by molar-refractivity contribution is 7.17. The SMILES string of the molecule is C/C=c1\c(=C(/C)c2ccc(N)cc2)sc2ccccc12. The van der Waals surface area contributed by atoms with Gasteiger partial charge in [0.25, 0.3) is 0 Å². The van der Waals surface area contributed by atoms with Crippen LogP contribution in [-0.4, -0.2) is 0 Å². The van der Waals surface area contributed by atoms with Crippen LogP contribution in [-0.2, 0) is 0 Å². The van der Waals surface area contributed by atoms with Gasteiger partial charge in [-0.1, -0.05) is 36.4 Å². The van der Waals surface area contributed by atoms with Crippen LogP contribution in [0, 0.1) is 0 Å². The largest absolute Gasteiger partial charge is 0.399 e. The van der Waals surface area contributed by atoms with E-state index in [1.165, 1.54) is 31.0 Å². The van der Waals surface area contributed by atoms with E-state index >= 15 is 0 Å². The van der Waals surface area contributed by atoms with Gasteiger partial charge in [-0.05, 0) is 53.8 Å². The van der Waals surface area contributed by atoms with Crippen molar-refractivity contribution >= 4 is 38.8 Å². The van der Waals surface area contributed by atoms with Crippen LogP contribution in [0.1, 0.15) is 19.4 Å². The summed E-state index contributed by atoms with van der Waals surface area (Å²) in [6.07, 6.45) is 2.20. The Bertz CT molecular complexity index is 870. The lowest BCUT2D eigenvalue weighted by atomic mass is 10.1. The van der Waals surface area contributed by atoms with Gasteiger partial charge in [0.1, 0.15) is 0 Å². The van der Waals surface area contributed by atoms with E-state index < -0.39 is 0 Å². The Kier molecular flexibility index (Phi) is 3.33. The second-order valence-electron chi connectivity index (χ2n) is 4.88. The molecule has 0 bridgehead atoms. The van der Waals surface area contributed by atoms with Crippen molar-refractivity contribution in [2.75, 3.05) is 5.73 Å². The quantitative estimate of drug-likeness (QED) is 0.678. The highest BCUT2D eigenvalue weighted by Crippen LogP contribution is 2.17. The van der Waals surface area contributed by atoms with Gasteiger partial charge in [-0.25, -0.2) is 0 Å². The van der Waals surface area contributed by atoms with Crippen molar-refractivity contribution < 1.29 is 0 Å². The summed E-state index contributed by atoms with van der Waals surface area (Å²) in [5, 5.41) is 2.67. The first-order chi connectivity index (χ1) is 9.70. The molecule has 2 heteroatoms. The summed E-state index contributed by atoms with van der Waals surface area (Å²) in [5.41, 5.74) is 9.11. The molecule has 0 saturated carbocycles. The zero-order valence-electron chi connectivity index (χ0n) is 11.7. The summed E-state index contributed by atoms with van der Waals surface area (Å²) < 4.78 is 2.68. The molecule has 100 valence electrons. The van der Waals surface area contributed by atoms with Crippen LogP contribution in [0.15, 0.2) is 48.5 Å². The van der Waals surface area contributed by atoms with Gasteiger partial charge in [-0.3, -0.25) is 0 Å². The van der Waals surface area contributed by atoms with Crippen LogP contribution in [0.25, 0.3) is 21.7 Å². The molecule has 1 aromatic heterocycles. The molecular formula is C18H17NS. The van der Waals surface area contributed by atoms with E-state index in [1.54, 1.807) is 0 Å². The van der Waals surface area contributed by atoms with Crippen LogP contribution >= 0.6 is 11.3 Å². The molecule has 3 rings (SSSR count). The number of anilines is 1. The molecule has 0 radical (unpaired) electrons. The summed E-state index contributed by atoms with van der Waals surface area (Å²) in [4.78, 5) is 0. The zero-order valence-corrected chi connectivity index (χ0v) is 12.5. The van der Waals surface area contributed by atoms with Crippen molar-refractivity contribution in [1.29, 1.82) is 0 Å². The first-order valence-corrected chi connectivity index (χ1v) is 7.53. The molecule has 0 spiro atoms. The van der Waals surface area contributed by atoms with E-state index in [-0.39, 0.29) is 0 Å². The van der Waals surface area contributed by atoms with Gasteiger partial charge in [0.15, 0.2) is 0 Å². The summed E-state index contributed by atoms with van der Waals surface area (Å²) >= 11 is 1.86. The molecule has 1 heterocycles. The normalized spacial score (nSPS) is 13.8. The Balaban J connectivity index is 2.38. The number of hydrogen-bond acceptors (Lipinski definition) is 2. The Morgan fingerprint density at radius 2 is 1.75 bits per heavy atom. The minimum Gasteiger partial charge on any atom is -0.399 e. The first-order valence-electron chi connectivity index (χ1n) is 6.71. The maximum Gasteiger partial charge on any atom is 0.0387 e. The summed E-state index contributed by atoms with van der Waals surface area (Å²) in [5.74, 6) is 0. The van der Waals surface area contributed by atoms with Crippen LogP contribution in [0.2, 0.25) is 0 Å². The minimum absolute atomic E-state index is 0.806. The molecule has 2 aromatic carbocycles. The van der Waals surface area contributed by atoms with Gasteiger partial charge in [-0.2, -0.15) is 0 Å². The van der Waals surface area contributed by atoms with Gasteiger partial charge in [0, 0.05) is 14.9 Å². The smallest absolute Gasteiger partial charge is 0.0387 e. The lowest BCUT2D eigenvalue weighted by molar-refractivity contribution is 1.53. The molecular weight excluding hydrogens is 262 g/mol. The maximum atomic E-state index is 5.77. The molecule has 2 N–H and O–H groups in total. The Morgan fingerprint density at radius 1 is 1.05 bits per heavy atom. The van der Waals surface area contributed by atoms with E-state index in [9.17, 15) is 0 Å². The molecule has 0 aliphatic rings. The number of nitrogen functional groups attached to an aromatic ring is 1. The lowest BCUT2D eigenvalue weighted by Crippen LogP contribution is -2.20. The van der Waals surface area contributed by atoms with Crippen molar-refractivity contribution in [2.24, 2.45) is 0 Å². The van der Waals surface area contributed by atoms with Crippen molar-refractivity contribution in [1.82, 2.24) is 0 Å². The van der Waals surface area contributed by atoms with E-state index in [0.717, 1.165) is 5.69 Å². The molecule has 3 aromatic rings. The Hall–Kier alpha value is -2.06. The topological polar surface area (TPSA) is 26.0 Å². The summed E-state index contributed by atoms with van der Waals surface area (Å²) in [6.45, 7) is 4.29. The predicted molar refractivity (Wildman–Crippen MR) is 90.3 cm³/mol. The lowest BCUT2D eigenvalue weighted by Gasteiger charge is -2.01. The molecule has 0 amide bonds. The number of thiophene rings is 1. The number of hydrogen-bond donors (Lipinski definition) is 1. The number of fused-ring (bicyclic) bond motifs is 1. The van der Waals surface area contributed by atoms with E-state index in [2.05, 4.69) is 56.3 Å². The van der Waals surface area contributed by atoms with Gasteiger partial charge in [0.2, 0.25) is 0 Å². The number of rotatable bonds is 1. The summed E-state index contributed by atoms with van der Waals surface area (Å²) in [7, 11) is 0. The molecule has 1 nitrogen and oxygen atoms in total. The molecule has 0 aliphatic heterocycles. The predicted octanol–water partition coefficient (Wildman–Crippen LogP) is 3.50. The monoisotopic (exact) mass is 279 g/mol. The molecule has 0 saturated heterocycles. The standard InChI is InChI=1S/C18H17NS/c1-3-15-16-6-4-5-7-17(16)20-18(15)12(2)13-8-10-14(19)11-9-13/h3-11H,19H2,1-2H3/b15-3-,18-12-. The number of nitrogens with two attached hydrogens (primary N) is 1. The molecule has 20 heavy (non-hydrogen) atoms. The van der Waals surface area contributed by atoms with Crippen LogP contribution in [0.3, 0.4) is 0 Å². The van der Waals surface area contributed by atoms with Crippen LogP contribution < -0.4 is 15.5 Å². The average molecular weight is 279 g/mol. The summed E-state index contributed by atoms with van der Waals surface area (Å²) in [6, 6.07) is 16.7. The van der Waals surface area contributed by atoms with Gasteiger partial charge in [-0.15, -0.1) is 11.3 Å². The van der Waals surface area contributed by atoms with Crippen molar-refractivity contribution in [2.45, 2.75) is 13.8 Å². The average Bonchev–Trinajstić information content (AvgIpc) is 2.85.